The fourth-order valence-electron chi connectivity index (χ4n) is 2.60. The molecular weight excluding hydrogens is 212 g/mol. The lowest BCUT2D eigenvalue weighted by Crippen LogP contribution is -2.42. The molecule has 1 atom stereocenters. The second-order valence-corrected chi connectivity index (χ2v) is 5.17. The number of aromatic nitrogens is 2. The van der Waals surface area contributed by atoms with Crippen molar-refractivity contribution in [2.75, 3.05) is 20.1 Å². The SMILES string of the molecule is Cc1n[nH]c(C)c1CNCC1CCCCN1C. The molecule has 0 bridgehead atoms. The zero-order valence-corrected chi connectivity index (χ0v) is 11.2. The summed E-state index contributed by atoms with van der Waals surface area (Å²) in [5.74, 6) is 0. The quantitative estimate of drug-likeness (QED) is 0.834. The number of aryl methyl sites for hydroxylation is 2. The van der Waals surface area contributed by atoms with Crippen molar-refractivity contribution in [1.82, 2.24) is 20.4 Å². The first-order valence-corrected chi connectivity index (χ1v) is 6.60. The van der Waals surface area contributed by atoms with E-state index in [1.807, 2.05) is 0 Å². The van der Waals surface area contributed by atoms with Crippen molar-refractivity contribution < 1.29 is 0 Å². The van der Waals surface area contributed by atoms with Crippen molar-refractivity contribution in [3.8, 4) is 0 Å². The van der Waals surface area contributed by atoms with Crippen LogP contribution in [0.3, 0.4) is 0 Å². The van der Waals surface area contributed by atoms with E-state index in [1.165, 1.54) is 37.1 Å². The highest BCUT2D eigenvalue weighted by Gasteiger charge is 2.18. The van der Waals surface area contributed by atoms with Crippen molar-refractivity contribution in [1.29, 1.82) is 0 Å². The number of piperidine rings is 1. The number of nitrogens with one attached hydrogen (secondary N) is 2. The molecule has 96 valence electrons. The van der Waals surface area contributed by atoms with Crippen LogP contribution in [0.1, 0.15) is 36.2 Å². The van der Waals surface area contributed by atoms with Crippen LogP contribution < -0.4 is 5.32 Å². The monoisotopic (exact) mass is 236 g/mol. The lowest BCUT2D eigenvalue weighted by molar-refractivity contribution is 0.181. The minimum Gasteiger partial charge on any atom is -0.311 e. The van der Waals surface area contributed by atoms with Gasteiger partial charge in [-0.25, -0.2) is 0 Å². The van der Waals surface area contributed by atoms with Gasteiger partial charge in [-0.3, -0.25) is 5.10 Å². The number of H-pyrrole nitrogens is 1. The first-order valence-electron chi connectivity index (χ1n) is 6.60. The summed E-state index contributed by atoms with van der Waals surface area (Å²) in [6.45, 7) is 7.41. The Hall–Kier alpha value is -0.870. The van der Waals surface area contributed by atoms with Crippen molar-refractivity contribution >= 4 is 0 Å². The average molecular weight is 236 g/mol. The average Bonchev–Trinajstić information content (AvgIpc) is 2.63. The minimum atomic E-state index is 0.705. The molecule has 1 saturated heterocycles. The van der Waals surface area contributed by atoms with E-state index in [2.05, 4.69) is 41.3 Å². The highest BCUT2D eigenvalue weighted by Crippen LogP contribution is 2.14. The van der Waals surface area contributed by atoms with Gasteiger partial charge < -0.3 is 10.2 Å². The molecule has 1 fully saturated rings. The van der Waals surface area contributed by atoms with Crippen LogP contribution in [0, 0.1) is 13.8 Å². The van der Waals surface area contributed by atoms with Gasteiger partial charge in [0.2, 0.25) is 0 Å². The Bertz CT molecular complexity index is 339. The van der Waals surface area contributed by atoms with Crippen molar-refractivity contribution in [2.24, 2.45) is 0 Å². The van der Waals surface area contributed by atoms with Crippen LogP contribution in [0.25, 0.3) is 0 Å². The molecule has 1 unspecified atom stereocenters. The molecule has 0 aliphatic carbocycles. The largest absolute Gasteiger partial charge is 0.311 e. The first-order chi connectivity index (χ1) is 8.18. The Morgan fingerprint density at radius 3 is 2.88 bits per heavy atom. The van der Waals surface area contributed by atoms with Crippen LogP contribution >= 0.6 is 0 Å². The predicted molar refractivity (Wildman–Crippen MR) is 70.0 cm³/mol. The molecule has 0 amide bonds. The number of rotatable bonds is 4. The molecule has 4 nitrogen and oxygen atoms in total. The van der Waals surface area contributed by atoms with E-state index in [0.717, 1.165) is 18.8 Å². The molecule has 1 aliphatic rings. The van der Waals surface area contributed by atoms with Gasteiger partial charge in [-0.2, -0.15) is 5.10 Å². The third-order valence-corrected chi connectivity index (χ3v) is 3.88. The summed E-state index contributed by atoms with van der Waals surface area (Å²) in [5, 5.41) is 10.8. The number of likely N-dealkylation sites (tertiary alicyclic amines) is 1. The van der Waals surface area contributed by atoms with Crippen LogP contribution in [-0.2, 0) is 6.54 Å². The summed E-state index contributed by atoms with van der Waals surface area (Å²) in [6, 6.07) is 0.705. The van der Waals surface area contributed by atoms with E-state index < -0.39 is 0 Å². The van der Waals surface area contributed by atoms with Gasteiger partial charge in [-0.1, -0.05) is 6.42 Å². The molecule has 1 aliphatic heterocycles. The van der Waals surface area contributed by atoms with Gasteiger partial charge in [-0.15, -0.1) is 0 Å². The van der Waals surface area contributed by atoms with Gasteiger partial charge in [0, 0.05) is 30.4 Å². The van der Waals surface area contributed by atoms with Crippen molar-refractivity contribution in [3.63, 3.8) is 0 Å². The van der Waals surface area contributed by atoms with E-state index in [9.17, 15) is 0 Å². The summed E-state index contributed by atoms with van der Waals surface area (Å²) in [6.07, 6.45) is 4.06. The van der Waals surface area contributed by atoms with Crippen LogP contribution in [0.4, 0.5) is 0 Å². The standard InChI is InChI=1S/C13H24N4/c1-10-13(11(2)16-15-10)9-14-8-12-6-4-5-7-17(12)3/h12,14H,4-9H2,1-3H3,(H,15,16). The van der Waals surface area contributed by atoms with Crippen LogP contribution in [0.2, 0.25) is 0 Å². The normalized spacial score (nSPS) is 21.9. The molecule has 2 heterocycles. The Labute approximate surface area is 104 Å². The Kier molecular flexibility index (Phi) is 4.18. The highest BCUT2D eigenvalue weighted by atomic mass is 15.2. The molecule has 0 spiro atoms. The fraction of sp³-hybridized carbons (Fsp3) is 0.769. The lowest BCUT2D eigenvalue weighted by atomic mass is 10.0. The van der Waals surface area contributed by atoms with Gasteiger partial charge in [0.15, 0.2) is 0 Å². The van der Waals surface area contributed by atoms with Crippen LogP contribution in [0.5, 0.6) is 0 Å². The number of likely N-dealkylation sites (N-methyl/N-ethyl adjacent to an activating group) is 1. The predicted octanol–water partition coefficient (Wildman–Crippen LogP) is 1.60. The van der Waals surface area contributed by atoms with Crippen LogP contribution in [-0.4, -0.2) is 41.3 Å². The molecule has 0 aromatic carbocycles. The topological polar surface area (TPSA) is 44.0 Å². The fourth-order valence-corrected chi connectivity index (χ4v) is 2.60. The minimum absolute atomic E-state index is 0.705. The summed E-state index contributed by atoms with van der Waals surface area (Å²) >= 11 is 0. The van der Waals surface area contributed by atoms with Gasteiger partial charge in [0.25, 0.3) is 0 Å². The summed E-state index contributed by atoms with van der Waals surface area (Å²) in [4.78, 5) is 2.48. The van der Waals surface area contributed by atoms with Gasteiger partial charge in [-0.05, 0) is 40.3 Å². The number of nitrogens with zero attached hydrogens (tertiary/aromatic N) is 2. The summed E-state index contributed by atoms with van der Waals surface area (Å²) in [7, 11) is 2.24. The van der Waals surface area contributed by atoms with E-state index in [4.69, 9.17) is 0 Å². The van der Waals surface area contributed by atoms with Crippen molar-refractivity contribution in [3.05, 3.63) is 17.0 Å². The maximum atomic E-state index is 4.22. The molecule has 2 N–H and O–H groups in total. The van der Waals surface area contributed by atoms with E-state index in [1.54, 1.807) is 0 Å². The molecule has 1 aromatic heterocycles. The molecule has 0 saturated carbocycles. The third kappa shape index (κ3) is 3.07. The lowest BCUT2D eigenvalue weighted by Gasteiger charge is -2.32. The van der Waals surface area contributed by atoms with E-state index in [-0.39, 0.29) is 0 Å². The maximum Gasteiger partial charge on any atom is 0.0638 e. The second kappa shape index (κ2) is 5.65. The molecule has 4 heteroatoms. The van der Waals surface area contributed by atoms with Gasteiger partial charge in [0.05, 0.1) is 5.69 Å². The van der Waals surface area contributed by atoms with E-state index >= 15 is 0 Å². The summed E-state index contributed by atoms with van der Waals surface area (Å²) in [5.41, 5.74) is 3.63. The Morgan fingerprint density at radius 2 is 2.24 bits per heavy atom. The first kappa shape index (κ1) is 12.6. The van der Waals surface area contributed by atoms with Gasteiger partial charge >= 0.3 is 0 Å². The number of hydrogen-bond acceptors (Lipinski definition) is 3. The molecule has 17 heavy (non-hydrogen) atoms. The molecule has 0 radical (unpaired) electrons. The Morgan fingerprint density at radius 1 is 1.41 bits per heavy atom. The van der Waals surface area contributed by atoms with Gasteiger partial charge in [0.1, 0.15) is 0 Å². The maximum absolute atomic E-state index is 4.22. The highest BCUT2D eigenvalue weighted by molar-refractivity contribution is 5.22. The molecular formula is C13H24N4. The Balaban J connectivity index is 1.79. The van der Waals surface area contributed by atoms with Crippen molar-refractivity contribution in [2.45, 2.75) is 45.7 Å². The second-order valence-electron chi connectivity index (χ2n) is 5.17. The zero-order valence-electron chi connectivity index (χ0n) is 11.2. The number of aromatic amines is 1. The van der Waals surface area contributed by atoms with Crippen LogP contribution in [0.15, 0.2) is 0 Å². The summed E-state index contributed by atoms with van der Waals surface area (Å²) < 4.78 is 0. The zero-order chi connectivity index (χ0) is 12.3. The number of hydrogen-bond donors (Lipinski definition) is 2. The smallest absolute Gasteiger partial charge is 0.0638 e. The molecule has 2 rings (SSSR count). The van der Waals surface area contributed by atoms with E-state index in [0.29, 0.717) is 6.04 Å². The molecule has 1 aromatic rings. The third-order valence-electron chi connectivity index (χ3n) is 3.88.